The third kappa shape index (κ3) is 5.01. The standard InChI is InChI=1S/C17H36N2O/c1-6-15(7-2)19(10-11-20)13-14-12-17(3,4)9-8-16(14)18-5/h14-16,18,20H,6-13H2,1-5H3. The highest BCUT2D eigenvalue weighted by atomic mass is 16.3. The Morgan fingerprint density at radius 2 is 1.95 bits per heavy atom. The predicted molar refractivity (Wildman–Crippen MR) is 87.0 cm³/mol. The van der Waals surface area contributed by atoms with Crippen LogP contribution < -0.4 is 5.32 Å². The summed E-state index contributed by atoms with van der Waals surface area (Å²) in [6.07, 6.45) is 6.25. The number of nitrogens with one attached hydrogen (secondary N) is 1. The average Bonchev–Trinajstić information content (AvgIpc) is 2.39. The van der Waals surface area contributed by atoms with E-state index in [1.165, 1.54) is 32.1 Å². The Morgan fingerprint density at radius 3 is 2.45 bits per heavy atom. The first kappa shape index (κ1) is 17.9. The van der Waals surface area contributed by atoms with Crippen molar-refractivity contribution < 1.29 is 5.11 Å². The summed E-state index contributed by atoms with van der Waals surface area (Å²) in [5.41, 5.74) is 0.469. The molecular formula is C17H36N2O. The van der Waals surface area contributed by atoms with E-state index in [9.17, 15) is 5.11 Å². The van der Waals surface area contributed by atoms with Crippen molar-refractivity contribution in [2.24, 2.45) is 11.3 Å². The van der Waals surface area contributed by atoms with E-state index in [-0.39, 0.29) is 6.61 Å². The Hall–Kier alpha value is -0.120. The first-order chi connectivity index (χ1) is 9.47. The second-order valence-corrected chi connectivity index (χ2v) is 7.25. The van der Waals surface area contributed by atoms with Crippen LogP contribution in [0.1, 0.15) is 59.8 Å². The molecule has 0 bridgehead atoms. The number of hydrogen-bond donors (Lipinski definition) is 2. The molecule has 0 heterocycles. The molecule has 1 rings (SSSR count). The number of hydrogen-bond acceptors (Lipinski definition) is 3. The first-order valence-corrected chi connectivity index (χ1v) is 8.49. The second-order valence-electron chi connectivity index (χ2n) is 7.25. The fourth-order valence-electron chi connectivity index (χ4n) is 3.97. The Bertz CT molecular complexity index is 264. The molecule has 0 aromatic carbocycles. The van der Waals surface area contributed by atoms with Crippen molar-refractivity contribution in [3.63, 3.8) is 0 Å². The second kappa shape index (κ2) is 8.35. The lowest BCUT2D eigenvalue weighted by molar-refractivity contribution is 0.0695. The zero-order chi connectivity index (χ0) is 15.2. The summed E-state index contributed by atoms with van der Waals surface area (Å²) in [6.45, 7) is 11.6. The maximum absolute atomic E-state index is 9.37. The zero-order valence-corrected chi connectivity index (χ0v) is 14.3. The van der Waals surface area contributed by atoms with Crippen LogP contribution in [-0.4, -0.2) is 48.8 Å². The molecule has 20 heavy (non-hydrogen) atoms. The lowest BCUT2D eigenvalue weighted by Crippen LogP contribution is -2.49. The van der Waals surface area contributed by atoms with Gasteiger partial charge in [0.2, 0.25) is 0 Å². The van der Waals surface area contributed by atoms with E-state index in [1.807, 2.05) is 0 Å². The number of nitrogens with zero attached hydrogens (tertiary/aromatic N) is 1. The molecule has 0 amide bonds. The van der Waals surface area contributed by atoms with Gasteiger partial charge >= 0.3 is 0 Å². The van der Waals surface area contributed by atoms with Crippen molar-refractivity contribution in [2.75, 3.05) is 26.7 Å². The predicted octanol–water partition coefficient (Wildman–Crippen LogP) is 2.88. The molecule has 1 aliphatic rings. The van der Waals surface area contributed by atoms with E-state index >= 15 is 0 Å². The molecular weight excluding hydrogens is 248 g/mol. The summed E-state index contributed by atoms with van der Waals surface area (Å²) in [4.78, 5) is 2.52. The minimum atomic E-state index is 0.275. The van der Waals surface area contributed by atoms with Gasteiger partial charge in [0.25, 0.3) is 0 Å². The molecule has 0 aromatic rings. The molecule has 3 nitrogen and oxygen atoms in total. The van der Waals surface area contributed by atoms with Gasteiger partial charge in [-0.2, -0.15) is 0 Å². The van der Waals surface area contributed by atoms with Gasteiger partial charge in [-0.25, -0.2) is 0 Å². The monoisotopic (exact) mass is 284 g/mol. The van der Waals surface area contributed by atoms with Crippen LogP contribution in [0, 0.1) is 11.3 Å². The third-order valence-electron chi connectivity index (χ3n) is 5.20. The van der Waals surface area contributed by atoms with Gasteiger partial charge in [-0.15, -0.1) is 0 Å². The molecule has 0 saturated heterocycles. The summed E-state index contributed by atoms with van der Waals surface area (Å²) in [5, 5.41) is 12.9. The fourth-order valence-corrected chi connectivity index (χ4v) is 3.97. The van der Waals surface area contributed by atoms with E-state index in [0.29, 0.717) is 23.4 Å². The van der Waals surface area contributed by atoms with Crippen LogP contribution in [0.4, 0.5) is 0 Å². The first-order valence-electron chi connectivity index (χ1n) is 8.49. The van der Waals surface area contributed by atoms with Crippen LogP contribution in [0.2, 0.25) is 0 Å². The molecule has 0 aliphatic heterocycles. The molecule has 2 atom stereocenters. The van der Waals surface area contributed by atoms with Gasteiger partial charge in [-0.1, -0.05) is 27.7 Å². The molecule has 3 heteroatoms. The van der Waals surface area contributed by atoms with Crippen LogP contribution in [0.5, 0.6) is 0 Å². The van der Waals surface area contributed by atoms with Crippen LogP contribution in [0.15, 0.2) is 0 Å². The van der Waals surface area contributed by atoms with E-state index in [2.05, 4.69) is 45.0 Å². The van der Waals surface area contributed by atoms with Crippen LogP contribution in [0.3, 0.4) is 0 Å². The summed E-state index contributed by atoms with van der Waals surface area (Å²) in [6, 6.07) is 1.25. The highest BCUT2D eigenvalue weighted by Crippen LogP contribution is 2.39. The molecule has 120 valence electrons. The maximum Gasteiger partial charge on any atom is 0.0558 e. The summed E-state index contributed by atoms with van der Waals surface area (Å²) < 4.78 is 0. The van der Waals surface area contributed by atoms with Gasteiger partial charge in [-0.3, -0.25) is 4.90 Å². The van der Waals surface area contributed by atoms with Gasteiger partial charge in [0, 0.05) is 25.2 Å². The minimum absolute atomic E-state index is 0.275. The summed E-state index contributed by atoms with van der Waals surface area (Å²) >= 11 is 0. The Balaban J connectivity index is 2.72. The van der Waals surface area contributed by atoms with E-state index in [1.54, 1.807) is 0 Å². The third-order valence-corrected chi connectivity index (χ3v) is 5.20. The van der Waals surface area contributed by atoms with Crippen LogP contribution >= 0.6 is 0 Å². The summed E-state index contributed by atoms with van der Waals surface area (Å²) in [7, 11) is 2.10. The minimum Gasteiger partial charge on any atom is -0.395 e. The lowest BCUT2D eigenvalue weighted by atomic mass is 9.69. The smallest absolute Gasteiger partial charge is 0.0558 e. The van der Waals surface area contributed by atoms with Crippen molar-refractivity contribution in [2.45, 2.75) is 71.9 Å². The Kier molecular flexibility index (Phi) is 7.49. The molecule has 1 aliphatic carbocycles. The van der Waals surface area contributed by atoms with Gasteiger partial charge < -0.3 is 10.4 Å². The van der Waals surface area contributed by atoms with Crippen molar-refractivity contribution >= 4 is 0 Å². The highest BCUT2D eigenvalue weighted by Gasteiger charge is 2.35. The van der Waals surface area contributed by atoms with Crippen molar-refractivity contribution in [1.82, 2.24) is 10.2 Å². The quantitative estimate of drug-likeness (QED) is 0.719. The highest BCUT2D eigenvalue weighted by molar-refractivity contribution is 4.90. The van der Waals surface area contributed by atoms with Crippen molar-refractivity contribution in [3.05, 3.63) is 0 Å². The SMILES string of the molecule is CCC(CC)N(CCO)CC1CC(C)(C)CCC1NC. The van der Waals surface area contributed by atoms with E-state index < -0.39 is 0 Å². The maximum atomic E-state index is 9.37. The molecule has 0 aromatic heterocycles. The normalized spacial score (nSPS) is 26.4. The topological polar surface area (TPSA) is 35.5 Å². The largest absolute Gasteiger partial charge is 0.395 e. The Labute approximate surface area is 126 Å². The van der Waals surface area contributed by atoms with Crippen molar-refractivity contribution in [3.8, 4) is 0 Å². The van der Waals surface area contributed by atoms with E-state index in [0.717, 1.165) is 13.1 Å². The lowest BCUT2D eigenvalue weighted by Gasteiger charge is -2.44. The average molecular weight is 284 g/mol. The van der Waals surface area contributed by atoms with Crippen molar-refractivity contribution in [1.29, 1.82) is 0 Å². The number of aliphatic hydroxyl groups excluding tert-OH is 1. The molecule has 0 spiro atoms. The van der Waals surface area contributed by atoms with E-state index in [4.69, 9.17) is 0 Å². The number of aliphatic hydroxyl groups is 1. The van der Waals surface area contributed by atoms with Gasteiger partial charge in [0.1, 0.15) is 0 Å². The fraction of sp³-hybridized carbons (Fsp3) is 1.00. The number of rotatable bonds is 8. The van der Waals surface area contributed by atoms with Gasteiger partial charge in [0.05, 0.1) is 6.61 Å². The molecule has 2 unspecified atom stereocenters. The van der Waals surface area contributed by atoms with Gasteiger partial charge in [0.15, 0.2) is 0 Å². The molecule has 1 saturated carbocycles. The van der Waals surface area contributed by atoms with Crippen LogP contribution in [0.25, 0.3) is 0 Å². The molecule has 2 N–H and O–H groups in total. The molecule has 1 fully saturated rings. The summed E-state index contributed by atoms with van der Waals surface area (Å²) in [5.74, 6) is 0.705. The zero-order valence-electron chi connectivity index (χ0n) is 14.3. The van der Waals surface area contributed by atoms with Gasteiger partial charge in [-0.05, 0) is 50.5 Å². The van der Waals surface area contributed by atoms with Crippen LogP contribution in [-0.2, 0) is 0 Å². The molecule has 0 radical (unpaired) electrons. The Morgan fingerprint density at radius 1 is 1.30 bits per heavy atom.